The Labute approximate surface area is 104 Å². The molecule has 88 valence electrons. The maximum Gasteiger partial charge on any atom is 0.308 e. The highest BCUT2D eigenvalue weighted by molar-refractivity contribution is 9.10. The van der Waals surface area contributed by atoms with Crippen molar-refractivity contribution in [3.8, 4) is 0 Å². The van der Waals surface area contributed by atoms with Crippen LogP contribution in [0.1, 0.15) is 19.4 Å². The lowest BCUT2D eigenvalue weighted by Crippen LogP contribution is -2.29. The summed E-state index contributed by atoms with van der Waals surface area (Å²) in [6.45, 7) is 5.57. The van der Waals surface area contributed by atoms with Gasteiger partial charge in [-0.15, -0.1) is 0 Å². The van der Waals surface area contributed by atoms with E-state index in [1.165, 1.54) is 0 Å². The summed E-state index contributed by atoms with van der Waals surface area (Å²) in [4.78, 5) is 10.8. The minimum absolute atomic E-state index is 0.105. The molecule has 1 aromatic carbocycles. The zero-order valence-corrected chi connectivity index (χ0v) is 11.2. The molecule has 0 amide bonds. The van der Waals surface area contributed by atoms with Crippen LogP contribution in [0.25, 0.3) is 0 Å². The molecule has 0 radical (unpaired) electrons. The van der Waals surface area contributed by atoms with Crippen LogP contribution in [-0.4, -0.2) is 17.1 Å². The molecule has 1 aromatic rings. The highest BCUT2D eigenvalue weighted by atomic mass is 79.9. The molecule has 0 heterocycles. The molecule has 0 saturated carbocycles. The maximum atomic E-state index is 10.8. The van der Waals surface area contributed by atoms with Crippen molar-refractivity contribution in [2.45, 2.75) is 26.8 Å². The van der Waals surface area contributed by atoms with Crippen LogP contribution in [0.4, 0.5) is 5.69 Å². The molecule has 0 aliphatic heterocycles. The Morgan fingerprint density at radius 2 is 2.00 bits per heavy atom. The van der Waals surface area contributed by atoms with Gasteiger partial charge in [-0.05, 0) is 44.5 Å². The van der Waals surface area contributed by atoms with Crippen LogP contribution < -0.4 is 5.32 Å². The molecule has 0 aliphatic carbocycles. The van der Waals surface area contributed by atoms with Gasteiger partial charge in [-0.25, -0.2) is 0 Å². The molecule has 1 rings (SSSR count). The van der Waals surface area contributed by atoms with Gasteiger partial charge in [-0.1, -0.05) is 15.9 Å². The number of carboxylic acid groups (broad SMARTS) is 1. The minimum Gasteiger partial charge on any atom is -0.481 e. The number of nitrogens with one attached hydrogen (secondary N) is 1. The molecule has 0 spiro atoms. The van der Waals surface area contributed by atoms with Crippen LogP contribution in [-0.2, 0) is 4.79 Å². The summed E-state index contributed by atoms with van der Waals surface area (Å²) in [6.07, 6.45) is 0. The van der Waals surface area contributed by atoms with Crippen LogP contribution in [0, 0.1) is 12.8 Å². The number of carbonyl (C=O) groups is 1. The van der Waals surface area contributed by atoms with Gasteiger partial charge in [0.05, 0.1) is 5.92 Å². The third kappa shape index (κ3) is 3.52. The second-order valence-electron chi connectivity index (χ2n) is 4.08. The monoisotopic (exact) mass is 285 g/mol. The number of halogens is 1. The van der Waals surface area contributed by atoms with Gasteiger partial charge in [0.1, 0.15) is 0 Å². The third-order valence-electron chi connectivity index (χ3n) is 2.58. The molecule has 0 aliphatic rings. The Bertz CT molecular complexity index is 372. The molecule has 4 heteroatoms. The molecule has 2 unspecified atom stereocenters. The molecule has 0 bridgehead atoms. The fourth-order valence-corrected chi connectivity index (χ4v) is 2.03. The number of aliphatic carboxylic acids is 1. The van der Waals surface area contributed by atoms with E-state index in [2.05, 4.69) is 21.2 Å². The van der Waals surface area contributed by atoms with Crippen LogP contribution in [0.2, 0.25) is 0 Å². The van der Waals surface area contributed by atoms with Crippen molar-refractivity contribution < 1.29 is 9.90 Å². The second kappa shape index (κ2) is 5.34. The van der Waals surface area contributed by atoms with Gasteiger partial charge in [0.15, 0.2) is 0 Å². The zero-order chi connectivity index (χ0) is 12.3. The number of rotatable bonds is 4. The van der Waals surface area contributed by atoms with Crippen LogP contribution >= 0.6 is 15.9 Å². The van der Waals surface area contributed by atoms with Crippen molar-refractivity contribution in [3.05, 3.63) is 28.2 Å². The van der Waals surface area contributed by atoms with Crippen LogP contribution in [0.5, 0.6) is 0 Å². The van der Waals surface area contributed by atoms with Crippen molar-refractivity contribution in [2.24, 2.45) is 5.92 Å². The summed E-state index contributed by atoms with van der Waals surface area (Å²) < 4.78 is 0.991. The van der Waals surface area contributed by atoms with Gasteiger partial charge in [0.25, 0.3) is 0 Å². The Morgan fingerprint density at radius 3 is 2.50 bits per heavy atom. The number of anilines is 1. The predicted octanol–water partition coefficient (Wildman–Crippen LogP) is 3.28. The van der Waals surface area contributed by atoms with Crippen molar-refractivity contribution in [1.82, 2.24) is 0 Å². The molecular weight excluding hydrogens is 270 g/mol. The van der Waals surface area contributed by atoms with E-state index in [0.29, 0.717) is 0 Å². The zero-order valence-electron chi connectivity index (χ0n) is 9.62. The number of benzene rings is 1. The van der Waals surface area contributed by atoms with E-state index in [-0.39, 0.29) is 6.04 Å². The summed E-state index contributed by atoms with van der Waals surface area (Å²) in [6, 6.07) is 5.84. The van der Waals surface area contributed by atoms with E-state index < -0.39 is 11.9 Å². The fraction of sp³-hybridized carbons (Fsp3) is 0.417. The Balaban J connectivity index is 2.76. The molecule has 3 nitrogen and oxygen atoms in total. The van der Waals surface area contributed by atoms with E-state index in [9.17, 15) is 4.79 Å². The summed E-state index contributed by atoms with van der Waals surface area (Å²) in [5, 5.41) is 12.1. The van der Waals surface area contributed by atoms with Gasteiger partial charge in [-0.2, -0.15) is 0 Å². The molecule has 0 aromatic heterocycles. The van der Waals surface area contributed by atoms with Crippen molar-refractivity contribution >= 4 is 27.6 Å². The molecule has 2 N–H and O–H groups in total. The van der Waals surface area contributed by atoms with E-state index in [0.717, 1.165) is 15.7 Å². The Morgan fingerprint density at radius 1 is 1.38 bits per heavy atom. The summed E-state index contributed by atoms with van der Waals surface area (Å²) >= 11 is 3.41. The standard InChI is InChI=1S/C12H16BrNO2/c1-7-4-10(13)6-11(5-7)14-9(3)8(2)12(15)16/h4-6,8-9,14H,1-3H3,(H,15,16). The van der Waals surface area contributed by atoms with Gasteiger partial charge in [0.2, 0.25) is 0 Å². The van der Waals surface area contributed by atoms with Crippen molar-refractivity contribution in [3.63, 3.8) is 0 Å². The van der Waals surface area contributed by atoms with Crippen molar-refractivity contribution in [2.75, 3.05) is 5.32 Å². The molecule has 0 fully saturated rings. The number of aryl methyl sites for hydroxylation is 1. The lowest BCUT2D eigenvalue weighted by atomic mass is 10.0. The van der Waals surface area contributed by atoms with E-state index in [1.54, 1.807) is 6.92 Å². The highest BCUT2D eigenvalue weighted by Crippen LogP contribution is 2.21. The number of hydrogen-bond donors (Lipinski definition) is 2. The third-order valence-corrected chi connectivity index (χ3v) is 3.03. The molecular formula is C12H16BrNO2. The van der Waals surface area contributed by atoms with Gasteiger partial charge in [-0.3, -0.25) is 4.79 Å². The number of carboxylic acids is 1. The summed E-state index contributed by atoms with van der Waals surface area (Å²) in [5.41, 5.74) is 2.07. The molecule has 16 heavy (non-hydrogen) atoms. The highest BCUT2D eigenvalue weighted by Gasteiger charge is 2.18. The summed E-state index contributed by atoms with van der Waals surface area (Å²) in [5.74, 6) is -1.20. The molecule has 2 atom stereocenters. The lowest BCUT2D eigenvalue weighted by Gasteiger charge is -2.19. The Hall–Kier alpha value is -1.03. The Kier molecular flexibility index (Phi) is 4.35. The first-order chi connectivity index (χ1) is 7.40. The van der Waals surface area contributed by atoms with E-state index >= 15 is 0 Å². The summed E-state index contributed by atoms with van der Waals surface area (Å²) in [7, 11) is 0. The normalized spacial score (nSPS) is 14.2. The average Bonchev–Trinajstić information content (AvgIpc) is 2.14. The quantitative estimate of drug-likeness (QED) is 0.893. The van der Waals surface area contributed by atoms with E-state index in [1.807, 2.05) is 32.0 Å². The van der Waals surface area contributed by atoms with E-state index in [4.69, 9.17) is 5.11 Å². The first-order valence-electron chi connectivity index (χ1n) is 5.16. The fourth-order valence-electron chi connectivity index (χ4n) is 1.42. The lowest BCUT2D eigenvalue weighted by molar-refractivity contribution is -0.141. The van der Waals surface area contributed by atoms with Crippen LogP contribution in [0.3, 0.4) is 0 Å². The first kappa shape index (κ1) is 13.0. The van der Waals surface area contributed by atoms with Gasteiger partial charge >= 0.3 is 5.97 Å². The molecule has 0 saturated heterocycles. The first-order valence-corrected chi connectivity index (χ1v) is 5.96. The maximum absolute atomic E-state index is 10.8. The average molecular weight is 286 g/mol. The number of hydrogen-bond acceptors (Lipinski definition) is 2. The van der Waals surface area contributed by atoms with Gasteiger partial charge < -0.3 is 10.4 Å². The minimum atomic E-state index is -0.785. The topological polar surface area (TPSA) is 49.3 Å². The SMILES string of the molecule is Cc1cc(Br)cc(NC(C)C(C)C(=O)O)c1. The van der Waals surface area contributed by atoms with Crippen molar-refractivity contribution in [1.29, 1.82) is 0 Å². The second-order valence-corrected chi connectivity index (χ2v) is 4.99. The van der Waals surface area contributed by atoms with Gasteiger partial charge in [0, 0.05) is 16.2 Å². The largest absolute Gasteiger partial charge is 0.481 e. The smallest absolute Gasteiger partial charge is 0.308 e. The van der Waals surface area contributed by atoms with Crippen LogP contribution in [0.15, 0.2) is 22.7 Å². The predicted molar refractivity (Wildman–Crippen MR) is 68.8 cm³/mol.